The van der Waals surface area contributed by atoms with Crippen LogP contribution in [-0.2, 0) is 0 Å². The van der Waals surface area contributed by atoms with Crippen LogP contribution < -0.4 is 0 Å². The Labute approximate surface area is 75.5 Å². The standard InChI is InChI=1S/C11H20O/c1-4-11(12)7-5-10(6-8-11)9(2)3/h5,7,9-10,12H,4,6,8H2,1-3H3. The molecule has 0 bridgehead atoms. The van der Waals surface area contributed by atoms with Crippen molar-refractivity contribution in [3.05, 3.63) is 12.2 Å². The summed E-state index contributed by atoms with van der Waals surface area (Å²) in [5.41, 5.74) is -0.495. The van der Waals surface area contributed by atoms with E-state index in [-0.39, 0.29) is 0 Å². The van der Waals surface area contributed by atoms with Crippen LogP contribution in [0.15, 0.2) is 12.2 Å². The van der Waals surface area contributed by atoms with Crippen LogP contribution in [0.1, 0.15) is 40.0 Å². The first-order valence-corrected chi connectivity index (χ1v) is 4.99. The van der Waals surface area contributed by atoms with E-state index in [2.05, 4.69) is 19.9 Å². The van der Waals surface area contributed by atoms with Crippen LogP contribution in [0.5, 0.6) is 0 Å². The molecule has 2 atom stereocenters. The summed E-state index contributed by atoms with van der Waals surface area (Å²) in [7, 11) is 0. The Hall–Kier alpha value is -0.300. The molecule has 0 amide bonds. The highest BCUT2D eigenvalue weighted by molar-refractivity contribution is 5.07. The molecular formula is C11H20O. The van der Waals surface area contributed by atoms with Gasteiger partial charge in [-0.25, -0.2) is 0 Å². The van der Waals surface area contributed by atoms with Crippen molar-refractivity contribution in [3.63, 3.8) is 0 Å². The molecule has 2 unspecified atom stereocenters. The molecule has 1 aliphatic carbocycles. The van der Waals surface area contributed by atoms with Crippen molar-refractivity contribution in [2.45, 2.75) is 45.6 Å². The second kappa shape index (κ2) is 3.61. The maximum absolute atomic E-state index is 9.89. The number of allylic oxidation sites excluding steroid dienone is 1. The van der Waals surface area contributed by atoms with E-state index in [1.807, 2.05) is 13.0 Å². The molecule has 70 valence electrons. The van der Waals surface area contributed by atoms with Gasteiger partial charge >= 0.3 is 0 Å². The fourth-order valence-electron chi connectivity index (χ4n) is 1.75. The summed E-state index contributed by atoms with van der Waals surface area (Å²) in [6.45, 7) is 6.52. The lowest BCUT2D eigenvalue weighted by Crippen LogP contribution is -2.29. The van der Waals surface area contributed by atoms with Gasteiger partial charge in [0.15, 0.2) is 0 Å². The van der Waals surface area contributed by atoms with E-state index in [0.717, 1.165) is 19.3 Å². The van der Waals surface area contributed by atoms with E-state index < -0.39 is 5.60 Å². The summed E-state index contributed by atoms with van der Waals surface area (Å²) >= 11 is 0. The zero-order chi connectivity index (χ0) is 9.19. The van der Waals surface area contributed by atoms with Gasteiger partial charge in [0, 0.05) is 0 Å². The van der Waals surface area contributed by atoms with E-state index >= 15 is 0 Å². The number of rotatable bonds is 2. The highest BCUT2D eigenvalue weighted by Crippen LogP contribution is 2.31. The Morgan fingerprint density at radius 1 is 1.58 bits per heavy atom. The third-order valence-electron chi connectivity index (χ3n) is 3.03. The van der Waals surface area contributed by atoms with E-state index in [9.17, 15) is 5.11 Å². The zero-order valence-electron chi connectivity index (χ0n) is 8.38. The highest BCUT2D eigenvalue weighted by Gasteiger charge is 2.27. The Kier molecular flexibility index (Phi) is 2.94. The largest absolute Gasteiger partial charge is 0.386 e. The number of hydrogen-bond acceptors (Lipinski definition) is 1. The van der Waals surface area contributed by atoms with E-state index in [1.54, 1.807) is 0 Å². The van der Waals surface area contributed by atoms with Gasteiger partial charge in [-0.2, -0.15) is 0 Å². The molecule has 0 radical (unpaired) electrons. The van der Waals surface area contributed by atoms with Crippen LogP contribution in [-0.4, -0.2) is 10.7 Å². The molecule has 0 spiro atoms. The summed E-state index contributed by atoms with van der Waals surface area (Å²) in [5, 5.41) is 9.89. The first-order chi connectivity index (χ1) is 5.57. The molecule has 0 aliphatic heterocycles. The Bertz CT molecular complexity index is 172. The quantitative estimate of drug-likeness (QED) is 0.629. The topological polar surface area (TPSA) is 20.2 Å². The third-order valence-corrected chi connectivity index (χ3v) is 3.03. The van der Waals surface area contributed by atoms with Crippen LogP contribution in [0.2, 0.25) is 0 Å². The predicted molar refractivity (Wildman–Crippen MR) is 51.9 cm³/mol. The van der Waals surface area contributed by atoms with Crippen molar-refractivity contribution in [2.75, 3.05) is 0 Å². The second-order valence-corrected chi connectivity index (χ2v) is 4.26. The van der Waals surface area contributed by atoms with Crippen LogP contribution in [0, 0.1) is 11.8 Å². The lowest BCUT2D eigenvalue weighted by atomic mass is 9.79. The average Bonchev–Trinajstić information content (AvgIpc) is 2.05. The van der Waals surface area contributed by atoms with Crippen LogP contribution in [0.4, 0.5) is 0 Å². The number of hydrogen-bond donors (Lipinski definition) is 1. The zero-order valence-corrected chi connectivity index (χ0v) is 8.38. The lowest BCUT2D eigenvalue weighted by molar-refractivity contribution is 0.0617. The van der Waals surface area contributed by atoms with Crippen LogP contribution in [0.3, 0.4) is 0 Å². The normalized spacial score (nSPS) is 35.9. The second-order valence-electron chi connectivity index (χ2n) is 4.26. The van der Waals surface area contributed by atoms with Gasteiger partial charge in [-0.1, -0.05) is 32.9 Å². The minimum absolute atomic E-state index is 0.495. The molecule has 0 aromatic carbocycles. The van der Waals surface area contributed by atoms with Crippen molar-refractivity contribution in [2.24, 2.45) is 11.8 Å². The molecule has 1 heteroatoms. The van der Waals surface area contributed by atoms with Crippen LogP contribution >= 0.6 is 0 Å². The fraction of sp³-hybridized carbons (Fsp3) is 0.818. The summed E-state index contributed by atoms with van der Waals surface area (Å²) < 4.78 is 0. The SMILES string of the molecule is CCC1(O)C=CC(C(C)C)CC1. The Morgan fingerprint density at radius 2 is 2.25 bits per heavy atom. The molecule has 12 heavy (non-hydrogen) atoms. The first-order valence-electron chi connectivity index (χ1n) is 4.99. The molecule has 0 fully saturated rings. The van der Waals surface area contributed by atoms with Gasteiger partial charge in [0.25, 0.3) is 0 Å². The van der Waals surface area contributed by atoms with Crippen molar-refractivity contribution in [1.29, 1.82) is 0 Å². The number of aliphatic hydroxyl groups is 1. The molecule has 0 saturated heterocycles. The molecule has 0 saturated carbocycles. The summed E-state index contributed by atoms with van der Waals surface area (Å²) in [6.07, 6.45) is 7.11. The lowest BCUT2D eigenvalue weighted by Gasteiger charge is -2.31. The van der Waals surface area contributed by atoms with Gasteiger partial charge in [-0.15, -0.1) is 0 Å². The summed E-state index contributed by atoms with van der Waals surface area (Å²) in [6, 6.07) is 0. The van der Waals surface area contributed by atoms with Crippen molar-refractivity contribution >= 4 is 0 Å². The monoisotopic (exact) mass is 168 g/mol. The maximum Gasteiger partial charge on any atom is 0.0825 e. The molecule has 0 aromatic rings. The summed E-state index contributed by atoms with van der Waals surface area (Å²) in [4.78, 5) is 0. The fourth-order valence-corrected chi connectivity index (χ4v) is 1.75. The van der Waals surface area contributed by atoms with E-state index in [1.165, 1.54) is 0 Å². The third kappa shape index (κ3) is 2.10. The Balaban J connectivity index is 2.58. The highest BCUT2D eigenvalue weighted by atomic mass is 16.3. The van der Waals surface area contributed by atoms with E-state index in [4.69, 9.17) is 0 Å². The van der Waals surface area contributed by atoms with Gasteiger partial charge in [0.1, 0.15) is 0 Å². The first kappa shape index (κ1) is 9.79. The average molecular weight is 168 g/mol. The van der Waals surface area contributed by atoms with Gasteiger partial charge in [0.2, 0.25) is 0 Å². The molecule has 1 rings (SSSR count). The smallest absolute Gasteiger partial charge is 0.0825 e. The molecule has 1 nitrogen and oxygen atoms in total. The van der Waals surface area contributed by atoms with Crippen LogP contribution in [0.25, 0.3) is 0 Å². The van der Waals surface area contributed by atoms with E-state index in [0.29, 0.717) is 11.8 Å². The Morgan fingerprint density at radius 3 is 2.58 bits per heavy atom. The molecule has 1 aliphatic rings. The van der Waals surface area contributed by atoms with Crippen molar-refractivity contribution in [3.8, 4) is 0 Å². The van der Waals surface area contributed by atoms with Crippen molar-refractivity contribution in [1.82, 2.24) is 0 Å². The minimum atomic E-state index is -0.495. The van der Waals surface area contributed by atoms with Gasteiger partial charge < -0.3 is 5.11 Å². The van der Waals surface area contributed by atoms with Gasteiger partial charge in [-0.05, 0) is 31.1 Å². The minimum Gasteiger partial charge on any atom is -0.386 e. The van der Waals surface area contributed by atoms with Gasteiger partial charge in [-0.3, -0.25) is 0 Å². The predicted octanol–water partition coefficient (Wildman–Crippen LogP) is 2.75. The molecule has 1 N–H and O–H groups in total. The molecular weight excluding hydrogens is 148 g/mol. The maximum atomic E-state index is 9.89. The molecule has 0 aromatic heterocycles. The van der Waals surface area contributed by atoms with Gasteiger partial charge in [0.05, 0.1) is 5.60 Å². The summed E-state index contributed by atoms with van der Waals surface area (Å²) in [5.74, 6) is 1.39. The van der Waals surface area contributed by atoms with Crippen molar-refractivity contribution < 1.29 is 5.11 Å². The molecule has 0 heterocycles.